The molecule has 1 aromatic heterocycles. The van der Waals surface area contributed by atoms with E-state index in [9.17, 15) is 9.59 Å². The van der Waals surface area contributed by atoms with Crippen molar-refractivity contribution in [3.05, 3.63) is 20.5 Å². The molecule has 0 fully saturated rings. The van der Waals surface area contributed by atoms with Gasteiger partial charge in [0.25, 0.3) is 0 Å². The fourth-order valence-corrected chi connectivity index (χ4v) is 2.40. The topological polar surface area (TPSA) is 68.4 Å². The van der Waals surface area contributed by atoms with Crippen LogP contribution in [0.15, 0.2) is 0 Å². The number of aromatic nitrogens is 1. The van der Waals surface area contributed by atoms with Crippen molar-refractivity contribution in [2.45, 2.75) is 33.6 Å². The lowest BCUT2D eigenvalue weighted by Gasteiger charge is -2.05. The first kappa shape index (κ1) is 16.0. The normalized spacial score (nSPS) is 10.3. The van der Waals surface area contributed by atoms with Crippen LogP contribution in [0, 0.1) is 10.5 Å². The summed E-state index contributed by atoms with van der Waals surface area (Å²) in [4.78, 5) is 26.2. The van der Waals surface area contributed by atoms with Crippen molar-refractivity contribution in [1.82, 2.24) is 4.98 Å². The fourth-order valence-electron chi connectivity index (χ4n) is 1.73. The minimum Gasteiger partial charge on any atom is -0.466 e. The van der Waals surface area contributed by atoms with Crippen LogP contribution < -0.4 is 0 Å². The average molecular weight is 379 g/mol. The Kier molecular flexibility index (Phi) is 6.33. The monoisotopic (exact) mass is 379 g/mol. The summed E-state index contributed by atoms with van der Waals surface area (Å²) in [5.41, 5.74) is 2.17. The van der Waals surface area contributed by atoms with E-state index in [1.807, 2.05) is 6.92 Å². The number of aromatic amines is 1. The van der Waals surface area contributed by atoms with Gasteiger partial charge in [-0.2, -0.15) is 0 Å². The molecule has 1 N–H and O–H groups in total. The van der Waals surface area contributed by atoms with Crippen LogP contribution in [0.3, 0.4) is 0 Å². The van der Waals surface area contributed by atoms with Crippen molar-refractivity contribution in [3.8, 4) is 0 Å². The number of nitrogens with one attached hydrogen (secondary N) is 1. The predicted molar refractivity (Wildman–Crippen MR) is 79.2 cm³/mol. The number of carbonyl (C=O) groups excluding carboxylic acids is 2. The van der Waals surface area contributed by atoms with Gasteiger partial charge in [0.05, 0.1) is 13.2 Å². The Hall–Kier alpha value is -1.05. The lowest BCUT2D eigenvalue weighted by molar-refractivity contribution is -0.143. The molecule has 0 spiro atoms. The summed E-state index contributed by atoms with van der Waals surface area (Å²) in [6.07, 6.45) is 0.725. The zero-order valence-corrected chi connectivity index (χ0v) is 13.5. The molecule has 0 amide bonds. The highest BCUT2D eigenvalue weighted by Gasteiger charge is 2.20. The molecule has 0 unspecified atom stereocenters. The molecule has 0 saturated carbocycles. The first-order valence-electron chi connectivity index (χ1n) is 6.20. The summed E-state index contributed by atoms with van der Waals surface area (Å²) in [6, 6.07) is 0. The van der Waals surface area contributed by atoms with E-state index >= 15 is 0 Å². The molecule has 0 aliphatic heterocycles. The Morgan fingerprint density at radius 1 is 1.21 bits per heavy atom. The number of hydrogen-bond acceptors (Lipinski definition) is 4. The highest BCUT2D eigenvalue weighted by atomic mass is 127. The van der Waals surface area contributed by atoms with Crippen LogP contribution in [0.4, 0.5) is 0 Å². The van der Waals surface area contributed by atoms with E-state index in [-0.39, 0.29) is 18.4 Å². The number of carbonyl (C=O) groups is 2. The number of esters is 2. The Balaban J connectivity index is 2.86. The third-order valence-electron chi connectivity index (χ3n) is 2.57. The largest absolute Gasteiger partial charge is 0.466 e. The number of rotatable bonds is 6. The van der Waals surface area contributed by atoms with Gasteiger partial charge < -0.3 is 14.5 Å². The van der Waals surface area contributed by atoms with Gasteiger partial charge >= 0.3 is 11.9 Å². The Morgan fingerprint density at radius 2 is 1.84 bits per heavy atom. The van der Waals surface area contributed by atoms with Gasteiger partial charge in [-0.25, -0.2) is 4.79 Å². The Morgan fingerprint density at radius 3 is 2.42 bits per heavy atom. The average Bonchev–Trinajstić information content (AvgIpc) is 2.64. The molecule has 6 heteroatoms. The maximum absolute atomic E-state index is 11.8. The van der Waals surface area contributed by atoms with Crippen molar-refractivity contribution in [1.29, 1.82) is 0 Å². The fraction of sp³-hybridized carbons (Fsp3) is 0.538. The molecule has 0 aliphatic rings. The molecule has 1 heterocycles. The standard InChI is InChI=1S/C13H18INO4/c1-4-18-10(16)7-6-9-11(14)8(3)15-12(9)13(17)19-5-2/h15H,4-7H2,1-3H3. The van der Waals surface area contributed by atoms with Gasteiger partial charge in [0.1, 0.15) is 5.69 Å². The minimum atomic E-state index is -0.382. The van der Waals surface area contributed by atoms with Crippen LogP contribution in [0.5, 0.6) is 0 Å². The number of H-pyrrole nitrogens is 1. The second kappa shape index (κ2) is 7.52. The smallest absolute Gasteiger partial charge is 0.355 e. The third-order valence-corrected chi connectivity index (χ3v) is 4.03. The second-order valence-electron chi connectivity index (χ2n) is 3.94. The van der Waals surface area contributed by atoms with Crippen molar-refractivity contribution in [3.63, 3.8) is 0 Å². The van der Waals surface area contributed by atoms with E-state index in [1.54, 1.807) is 13.8 Å². The van der Waals surface area contributed by atoms with Gasteiger partial charge in [0, 0.05) is 15.7 Å². The Labute approximate surface area is 126 Å². The molecule has 0 bridgehead atoms. The third kappa shape index (κ3) is 4.22. The van der Waals surface area contributed by atoms with Gasteiger partial charge in [-0.3, -0.25) is 4.79 Å². The zero-order valence-electron chi connectivity index (χ0n) is 11.3. The van der Waals surface area contributed by atoms with Gasteiger partial charge in [0.2, 0.25) is 0 Å². The van der Waals surface area contributed by atoms with E-state index < -0.39 is 0 Å². The summed E-state index contributed by atoms with van der Waals surface area (Å²) in [6.45, 7) is 6.11. The molecule has 19 heavy (non-hydrogen) atoms. The molecule has 106 valence electrons. The molecule has 5 nitrogen and oxygen atoms in total. The van der Waals surface area contributed by atoms with Gasteiger partial charge in [-0.05, 0) is 55.3 Å². The van der Waals surface area contributed by atoms with Crippen molar-refractivity contribution in [2.24, 2.45) is 0 Å². The number of ether oxygens (including phenoxy) is 2. The highest BCUT2D eigenvalue weighted by molar-refractivity contribution is 14.1. The van der Waals surface area contributed by atoms with Crippen LogP contribution in [0.25, 0.3) is 0 Å². The quantitative estimate of drug-likeness (QED) is 0.610. The molecule has 0 atom stereocenters. The number of aryl methyl sites for hydroxylation is 1. The molecule has 1 rings (SSSR count). The number of hydrogen-bond donors (Lipinski definition) is 1. The van der Waals surface area contributed by atoms with E-state index in [0.717, 1.165) is 14.8 Å². The lowest BCUT2D eigenvalue weighted by Crippen LogP contribution is -2.10. The van der Waals surface area contributed by atoms with E-state index in [1.165, 1.54) is 0 Å². The first-order valence-corrected chi connectivity index (χ1v) is 7.28. The second-order valence-corrected chi connectivity index (χ2v) is 5.02. The molecule has 1 aromatic rings. The molecule has 0 aromatic carbocycles. The molecule has 0 saturated heterocycles. The van der Waals surface area contributed by atoms with Crippen LogP contribution >= 0.6 is 22.6 Å². The van der Waals surface area contributed by atoms with Crippen LogP contribution in [-0.2, 0) is 20.7 Å². The van der Waals surface area contributed by atoms with Crippen LogP contribution in [0.2, 0.25) is 0 Å². The molecule has 0 aliphatic carbocycles. The van der Waals surface area contributed by atoms with Crippen LogP contribution in [0.1, 0.15) is 42.0 Å². The number of halogens is 1. The predicted octanol–water partition coefficient (Wildman–Crippen LogP) is 2.60. The zero-order chi connectivity index (χ0) is 14.4. The lowest BCUT2D eigenvalue weighted by atomic mass is 10.1. The van der Waals surface area contributed by atoms with Crippen molar-refractivity contribution >= 4 is 34.5 Å². The van der Waals surface area contributed by atoms with Gasteiger partial charge in [0.15, 0.2) is 0 Å². The molecule has 0 radical (unpaired) electrons. The van der Waals surface area contributed by atoms with Gasteiger partial charge in [-0.1, -0.05) is 0 Å². The van der Waals surface area contributed by atoms with Crippen molar-refractivity contribution in [2.75, 3.05) is 13.2 Å². The maximum Gasteiger partial charge on any atom is 0.355 e. The van der Waals surface area contributed by atoms with Crippen LogP contribution in [-0.4, -0.2) is 30.1 Å². The van der Waals surface area contributed by atoms with Gasteiger partial charge in [-0.15, -0.1) is 0 Å². The van der Waals surface area contributed by atoms with E-state index in [2.05, 4.69) is 27.6 Å². The van der Waals surface area contributed by atoms with E-state index in [0.29, 0.717) is 25.3 Å². The SMILES string of the molecule is CCOC(=O)CCc1c(C(=O)OCC)[nH]c(C)c1I. The maximum atomic E-state index is 11.8. The Bertz CT molecular complexity index is 467. The molecular formula is C13H18INO4. The summed E-state index contributed by atoms with van der Waals surface area (Å²) in [5, 5.41) is 0. The van der Waals surface area contributed by atoms with E-state index in [4.69, 9.17) is 9.47 Å². The first-order chi connectivity index (χ1) is 9.01. The highest BCUT2D eigenvalue weighted by Crippen LogP contribution is 2.23. The summed E-state index contributed by atoms with van der Waals surface area (Å²) >= 11 is 2.16. The summed E-state index contributed by atoms with van der Waals surface area (Å²) in [7, 11) is 0. The minimum absolute atomic E-state index is 0.257. The molecular weight excluding hydrogens is 361 g/mol. The summed E-state index contributed by atoms with van der Waals surface area (Å²) < 4.78 is 10.9. The summed E-state index contributed by atoms with van der Waals surface area (Å²) in [5.74, 6) is -0.640. The van der Waals surface area contributed by atoms with Crippen molar-refractivity contribution < 1.29 is 19.1 Å².